The average Bonchev–Trinajstić information content (AvgIpc) is 2.83. The maximum Gasteiger partial charge on any atom is 0.338 e. The van der Waals surface area contributed by atoms with Crippen molar-refractivity contribution in [2.24, 2.45) is 0 Å². The Balaban J connectivity index is 1.62. The van der Waals surface area contributed by atoms with Gasteiger partial charge in [-0.1, -0.05) is 36.4 Å². The van der Waals surface area contributed by atoms with Crippen LogP contribution in [0, 0.1) is 18.3 Å². The van der Waals surface area contributed by atoms with Crippen LogP contribution in [-0.2, 0) is 16.1 Å². The Labute approximate surface area is 193 Å². The van der Waals surface area contributed by atoms with Crippen molar-refractivity contribution in [3.63, 3.8) is 0 Å². The lowest BCUT2D eigenvalue weighted by Gasteiger charge is -2.09. The molecule has 0 unspecified atom stereocenters. The van der Waals surface area contributed by atoms with Crippen molar-refractivity contribution in [2.45, 2.75) is 20.5 Å². The monoisotopic (exact) mass is 440 g/mol. The first-order valence-electron chi connectivity index (χ1n) is 10.5. The minimum absolute atomic E-state index is 0.0435. The molecule has 0 radical (unpaired) electrons. The largest absolute Gasteiger partial charge is 0.489 e. The highest BCUT2D eigenvalue weighted by molar-refractivity contribution is 6.09. The molecule has 0 saturated heterocycles. The minimum atomic E-state index is -0.540. The molecule has 3 rings (SSSR count). The molecule has 0 fully saturated rings. The Bertz CT molecular complexity index is 1190. The van der Waals surface area contributed by atoms with Crippen molar-refractivity contribution in [2.75, 3.05) is 11.9 Å². The molecular formula is C27H24N2O4. The number of carbonyl (C=O) groups excluding carboxylic acids is 2. The first-order valence-corrected chi connectivity index (χ1v) is 10.5. The second-order valence-electron chi connectivity index (χ2n) is 7.21. The molecule has 166 valence electrons. The first kappa shape index (κ1) is 23.3. The number of nitrogens with one attached hydrogen (secondary N) is 1. The maximum atomic E-state index is 12.5. The van der Waals surface area contributed by atoms with E-state index in [0.29, 0.717) is 29.2 Å². The van der Waals surface area contributed by atoms with Crippen LogP contribution < -0.4 is 10.1 Å². The minimum Gasteiger partial charge on any atom is -0.489 e. The predicted octanol–water partition coefficient (Wildman–Crippen LogP) is 5.30. The molecule has 3 aromatic rings. The van der Waals surface area contributed by atoms with Crippen molar-refractivity contribution in [3.8, 4) is 11.8 Å². The van der Waals surface area contributed by atoms with Gasteiger partial charge in [-0.15, -0.1) is 0 Å². The number of benzene rings is 3. The number of ether oxygens (including phenoxy) is 2. The number of amides is 1. The lowest BCUT2D eigenvalue weighted by molar-refractivity contribution is -0.112. The van der Waals surface area contributed by atoms with Gasteiger partial charge in [0.05, 0.1) is 12.2 Å². The standard InChI is InChI=1S/C27H24N2O4/c1-3-32-27(31)21-10-12-24(13-11-21)29-26(30)23(17-28)16-20-8-14-25(15-9-20)33-18-22-7-5-4-6-19(22)2/h4-16H,3,18H2,1-2H3,(H,29,30)/b23-16+. The van der Waals surface area contributed by atoms with Crippen LogP contribution in [0.4, 0.5) is 5.69 Å². The molecule has 0 aliphatic rings. The Hall–Kier alpha value is -4.37. The summed E-state index contributed by atoms with van der Waals surface area (Å²) in [6.45, 7) is 4.51. The second kappa shape index (κ2) is 11.3. The molecule has 0 aliphatic carbocycles. The SMILES string of the molecule is CCOC(=O)c1ccc(NC(=O)/C(C#N)=C/c2ccc(OCc3ccccc3C)cc2)cc1. The summed E-state index contributed by atoms with van der Waals surface area (Å²) in [5.41, 5.74) is 3.78. The van der Waals surface area contributed by atoms with E-state index in [0.717, 1.165) is 11.1 Å². The van der Waals surface area contributed by atoms with Crippen LogP contribution in [0.2, 0.25) is 0 Å². The highest BCUT2D eigenvalue weighted by Crippen LogP contribution is 2.18. The third-order valence-electron chi connectivity index (χ3n) is 4.87. The molecule has 6 heteroatoms. The summed E-state index contributed by atoms with van der Waals surface area (Å²) in [5.74, 6) is -0.277. The van der Waals surface area contributed by atoms with Gasteiger partial charge >= 0.3 is 5.97 Å². The van der Waals surface area contributed by atoms with Gasteiger partial charge in [0.25, 0.3) is 5.91 Å². The third-order valence-corrected chi connectivity index (χ3v) is 4.87. The molecule has 0 aromatic heterocycles. The van der Waals surface area contributed by atoms with Gasteiger partial charge < -0.3 is 14.8 Å². The number of hydrogen-bond acceptors (Lipinski definition) is 5. The van der Waals surface area contributed by atoms with Gasteiger partial charge in [0.15, 0.2) is 0 Å². The summed E-state index contributed by atoms with van der Waals surface area (Å²) in [5, 5.41) is 12.1. The number of carbonyl (C=O) groups is 2. The fourth-order valence-corrected chi connectivity index (χ4v) is 3.01. The van der Waals surface area contributed by atoms with Crippen molar-refractivity contribution in [1.82, 2.24) is 0 Å². The molecule has 0 saturated carbocycles. The molecule has 3 aromatic carbocycles. The molecule has 0 heterocycles. The lowest BCUT2D eigenvalue weighted by atomic mass is 10.1. The van der Waals surface area contributed by atoms with E-state index in [1.54, 1.807) is 55.5 Å². The van der Waals surface area contributed by atoms with Crippen molar-refractivity contribution in [1.29, 1.82) is 5.26 Å². The third kappa shape index (κ3) is 6.55. The van der Waals surface area contributed by atoms with Gasteiger partial charge in [0, 0.05) is 5.69 Å². The van der Waals surface area contributed by atoms with Gasteiger partial charge in [-0.05, 0) is 73.0 Å². The van der Waals surface area contributed by atoms with Gasteiger partial charge in [-0.3, -0.25) is 4.79 Å². The summed E-state index contributed by atoms with van der Waals surface area (Å²) in [4.78, 5) is 24.2. The Kier molecular flexibility index (Phi) is 7.98. The Morgan fingerprint density at radius 1 is 1.00 bits per heavy atom. The van der Waals surface area contributed by atoms with E-state index in [2.05, 4.69) is 5.32 Å². The van der Waals surface area contributed by atoms with Gasteiger partial charge in [-0.2, -0.15) is 5.26 Å². The van der Waals surface area contributed by atoms with Crippen molar-refractivity contribution in [3.05, 3.63) is 101 Å². The molecule has 33 heavy (non-hydrogen) atoms. The smallest absolute Gasteiger partial charge is 0.338 e. The lowest BCUT2D eigenvalue weighted by Crippen LogP contribution is -2.13. The van der Waals surface area contributed by atoms with Gasteiger partial charge in [0.1, 0.15) is 24.0 Å². The summed E-state index contributed by atoms with van der Waals surface area (Å²) < 4.78 is 10.8. The normalized spacial score (nSPS) is 10.8. The van der Waals surface area contributed by atoms with E-state index < -0.39 is 11.9 Å². The maximum absolute atomic E-state index is 12.5. The number of rotatable bonds is 8. The first-order chi connectivity index (χ1) is 16.0. The fraction of sp³-hybridized carbons (Fsp3) is 0.148. The summed E-state index contributed by atoms with van der Waals surface area (Å²) in [6, 6.07) is 23.4. The van der Waals surface area contributed by atoms with Crippen LogP contribution in [0.5, 0.6) is 5.75 Å². The number of anilines is 1. The van der Waals surface area contributed by atoms with Crippen LogP contribution in [0.15, 0.2) is 78.4 Å². The van der Waals surface area contributed by atoms with Crippen LogP contribution in [0.25, 0.3) is 6.08 Å². The molecule has 1 amide bonds. The van der Waals surface area contributed by atoms with Crippen molar-refractivity contribution >= 4 is 23.6 Å². The van der Waals surface area contributed by atoms with E-state index in [9.17, 15) is 14.9 Å². The molecule has 0 atom stereocenters. The van der Waals surface area contributed by atoms with E-state index in [4.69, 9.17) is 9.47 Å². The van der Waals surface area contributed by atoms with Crippen LogP contribution in [0.1, 0.15) is 34.0 Å². The van der Waals surface area contributed by atoms with Crippen LogP contribution >= 0.6 is 0 Å². The highest BCUT2D eigenvalue weighted by atomic mass is 16.5. The number of aryl methyl sites for hydroxylation is 1. The van der Waals surface area contributed by atoms with Crippen LogP contribution in [-0.4, -0.2) is 18.5 Å². The molecular weight excluding hydrogens is 416 g/mol. The van der Waals surface area contributed by atoms with E-state index in [1.807, 2.05) is 37.3 Å². The zero-order valence-corrected chi connectivity index (χ0v) is 18.5. The molecule has 1 N–H and O–H groups in total. The highest BCUT2D eigenvalue weighted by Gasteiger charge is 2.11. The fourth-order valence-electron chi connectivity index (χ4n) is 3.01. The Morgan fingerprint density at radius 3 is 2.33 bits per heavy atom. The van der Waals surface area contributed by atoms with Gasteiger partial charge in [0.2, 0.25) is 0 Å². The zero-order chi connectivity index (χ0) is 23.6. The average molecular weight is 440 g/mol. The Morgan fingerprint density at radius 2 is 1.70 bits per heavy atom. The van der Waals surface area contributed by atoms with Crippen LogP contribution in [0.3, 0.4) is 0 Å². The van der Waals surface area contributed by atoms with Crippen molar-refractivity contribution < 1.29 is 19.1 Å². The number of hydrogen-bond donors (Lipinski definition) is 1. The number of esters is 1. The van der Waals surface area contributed by atoms with E-state index in [-0.39, 0.29) is 12.2 Å². The molecule has 0 aliphatic heterocycles. The van der Waals surface area contributed by atoms with Gasteiger partial charge in [-0.25, -0.2) is 4.79 Å². The summed E-state index contributed by atoms with van der Waals surface area (Å²) in [6.07, 6.45) is 1.51. The molecule has 0 bridgehead atoms. The number of nitriles is 1. The number of nitrogens with zero attached hydrogens (tertiary/aromatic N) is 1. The zero-order valence-electron chi connectivity index (χ0n) is 18.5. The second-order valence-corrected chi connectivity index (χ2v) is 7.21. The molecule has 6 nitrogen and oxygen atoms in total. The van der Waals surface area contributed by atoms with E-state index >= 15 is 0 Å². The quantitative estimate of drug-likeness (QED) is 0.292. The molecule has 0 spiro atoms. The summed E-state index contributed by atoms with van der Waals surface area (Å²) >= 11 is 0. The summed E-state index contributed by atoms with van der Waals surface area (Å²) in [7, 11) is 0. The van der Waals surface area contributed by atoms with E-state index in [1.165, 1.54) is 6.08 Å². The topological polar surface area (TPSA) is 88.4 Å². The predicted molar refractivity (Wildman–Crippen MR) is 127 cm³/mol.